The topological polar surface area (TPSA) is 44.7 Å². The molecule has 96 valence electrons. The summed E-state index contributed by atoms with van der Waals surface area (Å²) in [5.74, 6) is 0.702. The fourth-order valence-corrected chi connectivity index (χ4v) is 2.61. The zero-order chi connectivity index (χ0) is 12.0. The minimum atomic E-state index is -0.353. The maximum Gasteiger partial charge on any atom is 0.0900 e. The van der Waals surface area contributed by atoms with Crippen molar-refractivity contribution in [1.82, 2.24) is 10.2 Å². The van der Waals surface area contributed by atoms with Crippen LogP contribution in [0.25, 0.3) is 0 Å². The van der Waals surface area contributed by atoms with E-state index >= 15 is 0 Å². The quantitative estimate of drug-likeness (QED) is 0.689. The van der Waals surface area contributed by atoms with Crippen LogP contribution in [0.1, 0.15) is 19.8 Å². The molecule has 0 spiro atoms. The third-order valence-electron chi connectivity index (χ3n) is 3.54. The van der Waals surface area contributed by atoms with Crippen molar-refractivity contribution in [2.75, 3.05) is 40.4 Å². The summed E-state index contributed by atoms with van der Waals surface area (Å²) < 4.78 is 4.95. The summed E-state index contributed by atoms with van der Waals surface area (Å²) in [6.07, 6.45) is 2.02. The SMILES string of the molecule is CCC1CN(CC(O)COC)CCC1NC. The molecule has 0 aromatic rings. The van der Waals surface area contributed by atoms with Gasteiger partial charge in [-0.2, -0.15) is 0 Å². The molecule has 3 atom stereocenters. The normalized spacial score (nSPS) is 29.2. The van der Waals surface area contributed by atoms with Crippen LogP contribution in [0.15, 0.2) is 0 Å². The zero-order valence-corrected chi connectivity index (χ0v) is 10.8. The van der Waals surface area contributed by atoms with Crippen molar-refractivity contribution in [1.29, 1.82) is 0 Å². The van der Waals surface area contributed by atoms with Crippen molar-refractivity contribution < 1.29 is 9.84 Å². The number of hydrogen-bond acceptors (Lipinski definition) is 4. The van der Waals surface area contributed by atoms with Gasteiger partial charge < -0.3 is 20.1 Å². The molecule has 4 nitrogen and oxygen atoms in total. The van der Waals surface area contributed by atoms with E-state index in [1.54, 1.807) is 7.11 Å². The molecule has 0 radical (unpaired) electrons. The Morgan fingerprint density at radius 2 is 2.31 bits per heavy atom. The molecule has 0 aromatic heterocycles. The van der Waals surface area contributed by atoms with E-state index in [0.717, 1.165) is 19.6 Å². The van der Waals surface area contributed by atoms with Crippen LogP contribution in [0.2, 0.25) is 0 Å². The van der Waals surface area contributed by atoms with Gasteiger partial charge in [-0.15, -0.1) is 0 Å². The molecule has 1 heterocycles. The molecule has 0 amide bonds. The lowest BCUT2D eigenvalue weighted by Crippen LogP contribution is -2.50. The van der Waals surface area contributed by atoms with Crippen molar-refractivity contribution >= 4 is 0 Å². The van der Waals surface area contributed by atoms with E-state index < -0.39 is 0 Å². The maximum atomic E-state index is 9.70. The van der Waals surface area contributed by atoms with Crippen LogP contribution < -0.4 is 5.32 Å². The average Bonchev–Trinajstić information content (AvgIpc) is 2.29. The largest absolute Gasteiger partial charge is 0.389 e. The third-order valence-corrected chi connectivity index (χ3v) is 3.54. The molecule has 0 aliphatic carbocycles. The Kier molecular flexibility index (Phi) is 6.28. The summed E-state index contributed by atoms with van der Waals surface area (Å²) in [6.45, 7) is 5.57. The van der Waals surface area contributed by atoms with Gasteiger partial charge in [-0.25, -0.2) is 0 Å². The predicted molar refractivity (Wildman–Crippen MR) is 65.6 cm³/mol. The number of likely N-dealkylation sites (tertiary alicyclic amines) is 1. The number of nitrogens with zero attached hydrogens (tertiary/aromatic N) is 1. The summed E-state index contributed by atoms with van der Waals surface area (Å²) >= 11 is 0. The van der Waals surface area contributed by atoms with Gasteiger partial charge in [0.2, 0.25) is 0 Å². The molecule has 2 N–H and O–H groups in total. The highest BCUT2D eigenvalue weighted by atomic mass is 16.5. The number of β-amino-alcohol motifs (C(OH)–C–C–N with tert-alkyl or cyclic N) is 1. The van der Waals surface area contributed by atoms with Gasteiger partial charge in [0.05, 0.1) is 12.7 Å². The van der Waals surface area contributed by atoms with E-state index in [4.69, 9.17) is 4.74 Å². The highest BCUT2D eigenvalue weighted by Gasteiger charge is 2.27. The first kappa shape index (κ1) is 13.9. The lowest BCUT2D eigenvalue weighted by atomic mass is 9.90. The van der Waals surface area contributed by atoms with Crippen LogP contribution >= 0.6 is 0 Å². The Morgan fingerprint density at radius 3 is 2.88 bits per heavy atom. The maximum absolute atomic E-state index is 9.70. The summed E-state index contributed by atoms with van der Waals surface area (Å²) in [5.41, 5.74) is 0. The summed E-state index contributed by atoms with van der Waals surface area (Å²) in [7, 11) is 3.67. The number of rotatable bonds is 6. The van der Waals surface area contributed by atoms with Gasteiger partial charge in [-0.3, -0.25) is 0 Å². The Labute approximate surface area is 99.0 Å². The molecular weight excluding hydrogens is 204 g/mol. The fraction of sp³-hybridized carbons (Fsp3) is 1.00. The van der Waals surface area contributed by atoms with Crippen molar-refractivity contribution in [2.45, 2.75) is 31.9 Å². The predicted octanol–water partition coefficient (Wildman–Crippen LogP) is 0.314. The molecule has 0 bridgehead atoms. The lowest BCUT2D eigenvalue weighted by Gasteiger charge is -2.38. The summed E-state index contributed by atoms with van der Waals surface area (Å²) in [4.78, 5) is 2.35. The van der Waals surface area contributed by atoms with E-state index in [-0.39, 0.29) is 6.10 Å². The second kappa shape index (κ2) is 7.22. The van der Waals surface area contributed by atoms with Crippen LogP contribution in [-0.2, 0) is 4.74 Å². The van der Waals surface area contributed by atoms with E-state index in [9.17, 15) is 5.11 Å². The monoisotopic (exact) mass is 230 g/mol. The third kappa shape index (κ3) is 4.01. The molecule has 1 fully saturated rings. The Bertz CT molecular complexity index is 190. The van der Waals surface area contributed by atoms with Crippen LogP contribution in [0.3, 0.4) is 0 Å². The lowest BCUT2D eigenvalue weighted by molar-refractivity contribution is 0.0224. The Balaban J connectivity index is 2.35. The van der Waals surface area contributed by atoms with Crippen molar-refractivity contribution in [3.05, 3.63) is 0 Å². The average molecular weight is 230 g/mol. The van der Waals surface area contributed by atoms with E-state index in [2.05, 4.69) is 17.1 Å². The van der Waals surface area contributed by atoms with Gasteiger partial charge in [-0.1, -0.05) is 13.3 Å². The molecular formula is C12H26N2O2. The van der Waals surface area contributed by atoms with E-state index in [0.29, 0.717) is 18.6 Å². The number of aliphatic hydroxyl groups is 1. The van der Waals surface area contributed by atoms with Gasteiger partial charge >= 0.3 is 0 Å². The Morgan fingerprint density at radius 1 is 1.56 bits per heavy atom. The molecule has 0 aromatic carbocycles. The standard InChI is InChI=1S/C12H26N2O2/c1-4-10-7-14(6-5-12(10)13-2)8-11(15)9-16-3/h10-13,15H,4-9H2,1-3H3. The fourth-order valence-electron chi connectivity index (χ4n) is 2.61. The van der Waals surface area contributed by atoms with Gasteiger partial charge in [0, 0.05) is 26.2 Å². The van der Waals surface area contributed by atoms with Crippen molar-refractivity contribution in [3.8, 4) is 0 Å². The number of methoxy groups -OCH3 is 1. The summed E-state index contributed by atoms with van der Waals surface area (Å²) in [6, 6.07) is 0.640. The number of piperidine rings is 1. The molecule has 3 unspecified atom stereocenters. The molecule has 1 saturated heterocycles. The van der Waals surface area contributed by atoms with Crippen molar-refractivity contribution in [2.24, 2.45) is 5.92 Å². The minimum Gasteiger partial charge on any atom is -0.389 e. The smallest absolute Gasteiger partial charge is 0.0900 e. The zero-order valence-electron chi connectivity index (χ0n) is 10.8. The number of aliphatic hydroxyl groups excluding tert-OH is 1. The van der Waals surface area contributed by atoms with Crippen LogP contribution in [0.4, 0.5) is 0 Å². The minimum absolute atomic E-state index is 0.353. The molecule has 1 aliphatic rings. The van der Waals surface area contributed by atoms with E-state index in [1.807, 2.05) is 7.05 Å². The van der Waals surface area contributed by atoms with Crippen molar-refractivity contribution in [3.63, 3.8) is 0 Å². The second-order valence-electron chi connectivity index (χ2n) is 4.72. The second-order valence-corrected chi connectivity index (χ2v) is 4.72. The molecule has 4 heteroatoms. The van der Waals surface area contributed by atoms with Gasteiger partial charge in [-0.05, 0) is 25.9 Å². The first-order chi connectivity index (χ1) is 7.71. The first-order valence-corrected chi connectivity index (χ1v) is 6.27. The summed E-state index contributed by atoms with van der Waals surface area (Å²) in [5, 5.41) is 13.1. The molecule has 1 aliphatic heterocycles. The number of nitrogens with one attached hydrogen (secondary N) is 1. The molecule has 16 heavy (non-hydrogen) atoms. The number of hydrogen-bond donors (Lipinski definition) is 2. The van der Waals surface area contributed by atoms with Gasteiger partial charge in [0.1, 0.15) is 0 Å². The highest BCUT2D eigenvalue weighted by Crippen LogP contribution is 2.19. The highest BCUT2D eigenvalue weighted by molar-refractivity contribution is 4.84. The van der Waals surface area contributed by atoms with E-state index in [1.165, 1.54) is 12.8 Å². The van der Waals surface area contributed by atoms with Gasteiger partial charge in [0.15, 0.2) is 0 Å². The van der Waals surface area contributed by atoms with Crippen LogP contribution in [0.5, 0.6) is 0 Å². The first-order valence-electron chi connectivity index (χ1n) is 6.27. The Hall–Kier alpha value is -0.160. The number of ether oxygens (including phenoxy) is 1. The van der Waals surface area contributed by atoms with Crippen LogP contribution in [-0.4, -0.2) is 62.6 Å². The van der Waals surface area contributed by atoms with Crippen LogP contribution in [0, 0.1) is 5.92 Å². The molecule has 0 saturated carbocycles. The molecule has 1 rings (SSSR count). The van der Waals surface area contributed by atoms with Gasteiger partial charge in [0.25, 0.3) is 0 Å².